The van der Waals surface area contributed by atoms with Gasteiger partial charge in [0.1, 0.15) is 11.5 Å². The quantitative estimate of drug-likeness (QED) is 0.294. The van der Waals surface area contributed by atoms with Crippen LogP contribution in [0.4, 0.5) is 0 Å². The number of phenols is 2. The Bertz CT molecular complexity index is 797. The third-order valence-corrected chi connectivity index (χ3v) is 6.05. The van der Waals surface area contributed by atoms with E-state index in [1.54, 1.807) is 38.1 Å². The molecule has 0 amide bonds. The fourth-order valence-corrected chi connectivity index (χ4v) is 3.96. The largest absolute Gasteiger partial charge is 0.508 e. The van der Waals surface area contributed by atoms with E-state index in [1.165, 1.54) is 23.5 Å². The molecule has 30 heavy (non-hydrogen) atoms. The van der Waals surface area contributed by atoms with Gasteiger partial charge in [0, 0.05) is 9.79 Å². The van der Waals surface area contributed by atoms with Crippen LogP contribution in [0.1, 0.15) is 24.0 Å². The number of benzene rings is 2. The van der Waals surface area contributed by atoms with Gasteiger partial charge in [-0.05, 0) is 74.2 Å². The van der Waals surface area contributed by atoms with E-state index in [0.29, 0.717) is 12.8 Å². The molecule has 2 rings (SSSR count). The first-order valence-corrected chi connectivity index (χ1v) is 11.5. The van der Waals surface area contributed by atoms with Crippen LogP contribution in [-0.4, -0.2) is 46.9 Å². The molecule has 0 spiro atoms. The zero-order chi connectivity index (χ0) is 21.9. The highest BCUT2D eigenvalue weighted by molar-refractivity contribution is 8.00. The van der Waals surface area contributed by atoms with Gasteiger partial charge in [-0.3, -0.25) is 9.59 Å². The number of esters is 2. The van der Waals surface area contributed by atoms with Crippen LogP contribution in [0.25, 0.3) is 0 Å². The first-order valence-electron chi connectivity index (χ1n) is 9.51. The van der Waals surface area contributed by atoms with Crippen molar-refractivity contribution in [1.29, 1.82) is 0 Å². The topological polar surface area (TPSA) is 93.1 Å². The molecule has 0 aliphatic carbocycles. The summed E-state index contributed by atoms with van der Waals surface area (Å²) < 4.78 is 10.4. The maximum atomic E-state index is 11.8. The average molecular weight is 451 g/mol. The average Bonchev–Trinajstić information content (AvgIpc) is 2.72. The van der Waals surface area contributed by atoms with E-state index in [4.69, 9.17) is 9.47 Å². The van der Waals surface area contributed by atoms with Gasteiger partial charge in [-0.15, -0.1) is 23.5 Å². The number of ether oxygens (including phenoxy) is 2. The zero-order valence-electron chi connectivity index (χ0n) is 17.1. The van der Waals surface area contributed by atoms with Gasteiger partial charge in [-0.25, -0.2) is 0 Å². The van der Waals surface area contributed by atoms with Gasteiger partial charge >= 0.3 is 11.9 Å². The molecule has 0 aromatic heterocycles. The number of carbonyl (C=O) groups is 2. The predicted molar refractivity (Wildman–Crippen MR) is 118 cm³/mol. The van der Waals surface area contributed by atoms with Crippen molar-refractivity contribution in [1.82, 2.24) is 0 Å². The lowest BCUT2D eigenvalue weighted by Gasteiger charge is -2.07. The standard InChI is InChI=1S/C22H26O6S2/c1-15-11-17(5-7-19(15)23)29-13-21(25)27-9-3-4-10-28-22(26)14-30-18-6-8-20(24)16(2)12-18/h5-8,11-12,23-24H,3-4,9-10,13-14H2,1-2H3. The van der Waals surface area contributed by atoms with Gasteiger partial charge in [0.05, 0.1) is 24.7 Å². The Hall–Kier alpha value is -2.32. The van der Waals surface area contributed by atoms with Crippen molar-refractivity contribution in [2.24, 2.45) is 0 Å². The Morgan fingerprint density at radius 3 is 1.53 bits per heavy atom. The highest BCUT2D eigenvalue weighted by Gasteiger charge is 2.07. The number of unbranched alkanes of at least 4 members (excludes halogenated alkanes) is 1. The van der Waals surface area contributed by atoms with Gasteiger partial charge in [0.2, 0.25) is 0 Å². The Balaban J connectivity index is 1.51. The molecule has 162 valence electrons. The molecule has 0 unspecified atom stereocenters. The molecule has 6 nitrogen and oxygen atoms in total. The molecule has 0 saturated carbocycles. The van der Waals surface area contributed by atoms with Gasteiger partial charge in [-0.1, -0.05) is 0 Å². The summed E-state index contributed by atoms with van der Waals surface area (Å²) >= 11 is 2.72. The molecule has 8 heteroatoms. The molecular formula is C22H26O6S2. The number of phenolic OH excluding ortho intramolecular Hbond substituents is 2. The lowest BCUT2D eigenvalue weighted by molar-refractivity contribution is -0.142. The van der Waals surface area contributed by atoms with Crippen molar-refractivity contribution in [3.05, 3.63) is 47.5 Å². The lowest BCUT2D eigenvalue weighted by Crippen LogP contribution is -2.11. The van der Waals surface area contributed by atoms with E-state index in [9.17, 15) is 19.8 Å². The minimum absolute atomic E-state index is 0.202. The zero-order valence-corrected chi connectivity index (χ0v) is 18.7. The van der Waals surface area contributed by atoms with Gasteiger partial charge in [0.25, 0.3) is 0 Å². The molecule has 2 aromatic rings. The van der Waals surface area contributed by atoms with E-state index in [1.807, 2.05) is 12.1 Å². The summed E-state index contributed by atoms with van der Waals surface area (Å²) in [6.45, 7) is 4.18. The molecule has 0 heterocycles. The Morgan fingerprint density at radius 2 is 1.17 bits per heavy atom. The van der Waals surface area contributed by atoms with Gasteiger partial charge < -0.3 is 19.7 Å². The molecule has 0 aliphatic heterocycles. The maximum Gasteiger partial charge on any atom is 0.316 e. The maximum absolute atomic E-state index is 11.8. The normalized spacial score (nSPS) is 10.6. The van der Waals surface area contributed by atoms with Crippen molar-refractivity contribution in [3.63, 3.8) is 0 Å². The minimum atomic E-state index is -0.302. The Kier molecular flexibility index (Phi) is 9.89. The highest BCUT2D eigenvalue weighted by atomic mass is 32.2. The fourth-order valence-electron chi connectivity index (χ4n) is 2.38. The van der Waals surface area contributed by atoms with Crippen molar-refractivity contribution >= 4 is 35.5 Å². The highest BCUT2D eigenvalue weighted by Crippen LogP contribution is 2.25. The molecule has 2 aromatic carbocycles. The van der Waals surface area contributed by atoms with Gasteiger partial charge in [0.15, 0.2) is 0 Å². The summed E-state index contributed by atoms with van der Waals surface area (Å²) in [5.74, 6) is 0.264. The van der Waals surface area contributed by atoms with Crippen LogP contribution >= 0.6 is 23.5 Å². The molecule has 0 atom stereocenters. The van der Waals surface area contributed by atoms with E-state index >= 15 is 0 Å². The number of aromatic hydroxyl groups is 2. The third-order valence-electron chi connectivity index (χ3n) is 4.11. The molecule has 0 saturated heterocycles. The first-order chi connectivity index (χ1) is 14.3. The second-order valence-corrected chi connectivity index (χ2v) is 8.72. The lowest BCUT2D eigenvalue weighted by atomic mass is 10.2. The summed E-state index contributed by atoms with van der Waals surface area (Å²) in [6, 6.07) is 10.4. The van der Waals surface area contributed by atoms with E-state index in [-0.39, 0.29) is 48.2 Å². The van der Waals surface area contributed by atoms with Crippen molar-refractivity contribution in [2.45, 2.75) is 36.5 Å². The number of rotatable bonds is 11. The number of aryl methyl sites for hydroxylation is 2. The molecule has 0 radical (unpaired) electrons. The van der Waals surface area contributed by atoms with Crippen LogP contribution in [0.5, 0.6) is 11.5 Å². The van der Waals surface area contributed by atoms with Crippen LogP contribution in [0, 0.1) is 13.8 Å². The van der Waals surface area contributed by atoms with Crippen LogP contribution < -0.4 is 0 Å². The molecule has 0 bridgehead atoms. The van der Waals surface area contributed by atoms with E-state index in [0.717, 1.165) is 20.9 Å². The summed E-state index contributed by atoms with van der Waals surface area (Å²) in [4.78, 5) is 25.4. The smallest absolute Gasteiger partial charge is 0.316 e. The van der Waals surface area contributed by atoms with Crippen LogP contribution in [-0.2, 0) is 19.1 Å². The summed E-state index contributed by atoms with van der Waals surface area (Å²) in [5, 5.41) is 19.0. The van der Waals surface area contributed by atoms with E-state index < -0.39 is 0 Å². The third kappa shape index (κ3) is 8.59. The number of hydrogen-bond acceptors (Lipinski definition) is 8. The monoisotopic (exact) mass is 450 g/mol. The SMILES string of the molecule is Cc1cc(SCC(=O)OCCCCOC(=O)CSc2ccc(O)c(C)c2)ccc1O. The molecule has 0 aliphatic rings. The summed E-state index contributed by atoms with van der Waals surface area (Å²) in [6.07, 6.45) is 1.23. The van der Waals surface area contributed by atoms with Crippen molar-refractivity contribution in [3.8, 4) is 11.5 Å². The van der Waals surface area contributed by atoms with Crippen molar-refractivity contribution < 1.29 is 29.3 Å². The molecule has 0 fully saturated rings. The van der Waals surface area contributed by atoms with Crippen molar-refractivity contribution in [2.75, 3.05) is 24.7 Å². The van der Waals surface area contributed by atoms with Gasteiger partial charge in [-0.2, -0.15) is 0 Å². The second-order valence-electron chi connectivity index (χ2n) is 6.62. The molecule has 2 N–H and O–H groups in total. The van der Waals surface area contributed by atoms with Crippen LogP contribution in [0.2, 0.25) is 0 Å². The van der Waals surface area contributed by atoms with Crippen LogP contribution in [0.3, 0.4) is 0 Å². The number of carbonyl (C=O) groups excluding carboxylic acids is 2. The Labute approximate surface area is 185 Å². The number of thioether (sulfide) groups is 2. The molecular weight excluding hydrogens is 424 g/mol. The Morgan fingerprint density at radius 1 is 0.767 bits per heavy atom. The first kappa shape index (κ1) is 24.0. The summed E-state index contributed by atoms with van der Waals surface area (Å²) in [7, 11) is 0. The van der Waals surface area contributed by atoms with E-state index in [2.05, 4.69) is 0 Å². The number of hydrogen-bond donors (Lipinski definition) is 2. The summed E-state index contributed by atoms with van der Waals surface area (Å²) in [5.41, 5.74) is 1.53. The minimum Gasteiger partial charge on any atom is -0.508 e. The van der Waals surface area contributed by atoms with Crippen LogP contribution in [0.15, 0.2) is 46.2 Å². The fraction of sp³-hybridized carbons (Fsp3) is 0.364. The predicted octanol–water partition coefficient (Wildman–Crippen LogP) is 4.47. The second kappa shape index (κ2) is 12.4.